The Hall–Kier alpha value is -1.72. The highest BCUT2D eigenvalue weighted by Gasteiger charge is 2.21. The van der Waals surface area contributed by atoms with Crippen molar-refractivity contribution in [1.29, 1.82) is 0 Å². The maximum atomic E-state index is 12.5. The van der Waals surface area contributed by atoms with E-state index in [0.29, 0.717) is 16.5 Å². The first-order valence-corrected chi connectivity index (χ1v) is 8.14. The zero-order valence-electron chi connectivity index (χ0n) is 12.0. The van der Waals surface area contributed by atoms with Crippen LogP contribution in [0, 0.1) is 13.8 Å². The van der Waals surface area contributed by atoms with E-state index in [0.717, 1.165) is 11.1 Å². The second-order valence-corrected chi connectivity index (χ2v) is 6.73. The Labute approximate surface area is 129 Å². The largest absolute Gasteiger partial charge is 0.495 e. The van der Waals surface area contributed by atoms with Crippen LogP contribution < -0.4 is 9.46 Å². The van der Waals surface area contributed by atoms with Crippen LogP contribution in [0.4, 0.5) is 5.69 Å². The number of hydrogen-bond donors (Lipinski definition) is 1. The zero-order valence-corrected chi connectivity index (χ0v) is 13.5. The molecule has 0 bridgehead atoms. The molecule has 6 heteroatoms. The molecule has 0 aliphatic rings. The quantitative estimate of drug-likeness (QED) is 0.931. The summed E-state index contributed by atoms with van der Waals surface area (Å²) in [5, 5.41) is 0.337. The number of hydrogen-bond acceptors (Lipinski definition) is 3. The van der Waals surface area contributed by atoms with Crippen LogP contribution >= 0.6 is 11.6 Å². The summed E-state index contributed by atoms with van der Waals surface area (Å²) in [6.45, 7) is 3.75. The van der Waals surface area contributed by atoms with E-state index in [4.69, 9.17) is 16.3 Å². The van der Waals surface area contributed by atoms with E-state index in [-0.39, 0.29) is 4.90 Å². The Kier molecular flexibility index (Phi) is 4.44. The first-order chi connectivity index (χ1) is 9.85. The molecule has 0 radical (unpaired) electrons. The van der Waals surface area contributed by atoms with Crippen molar-refractivity contribution in [2.45, 2.75) is 18.7 Å². The van der Waals surface area contributed by atoms with E-state index in [2.05, 4.69) is 4.72 Å². The third kappa shape index (κ3) is 3.31. The van der Waals surface area contributed by atoms with Crippen molar-refractivity contribution in [2.24, 2.45) is 0 Å². The summed E-state index contributed by atoms with van der Waals surface area (Å²) in [6.07, 6.45) is 0. The van der Waals surface area contributed by atoms with Crippen molar-refractivity contribution in [3.05, 3.63) is 52.5 Å². The summed E-state index contributed by atoms with van der Waals surface area (Å²) in [4.78, 5) is 0.0908. The van der Waals surface area contributed by atoms with Crippen molar-refractivity contribution < 1.29 is 13.2 Å². The molecule has 0 heterocycles. The number of nitrogens with one attached hydrogen (secondary N) is 1. The van der Waals surface area contributed by atoms with Crippen molar-refractivity contribution >= 4 is 27.3 Å². The third-order valence-electron chi connectivity index (χ3n) is 3.19. The van der Waals surface area contributed by atoms with Crippen LogP contribution in [0.5, 0.6) is 5.75 Å². The summed E-state index contributed by atoms with van der Waals surface area (Å²) < 4.78 is 32.8. The summed E-state index contributed by atoms with van der Waals surface area (Å²) in [6, 6.07) is 9.96. The average Bonchev–Trinajstić information content (AvgIpc) is 2.43. The predicted molar refractivity (Wildman–Crippen MR) is 84.7 cm³/mol. The fourth-order valence-electron chi connectivity index (χ4n) is 1.88. The molecule has 2 rings (SSSR count). The topological polar surface area (TPSA) is 55.4 Å². The number of benzene rings is 2. The Morgan fingerprint density at radius 2 is 1.71 bits per heavy atom. The molecule has 0 saturated heterocycles. The van der Waals surface area contributed by atoms with Crippen LogP contribution in [0.2, 0.25) is 5.02 Å². The molecule has 0 aliphatic carbocycles. The lowest BCUT2D eigenvalue weighted by Gasteiger charge is -2.14. The maximum absolute atomic E-state index is 12.5. The van der Waals surface area contributed by atoms with Gasteiger partial charge in [-0.2, -0.15) is 0 Å². The smallest absolute Gasteiger partial charge is 0.265 e. The van der Waals surface area contributed by atoms with Crippen molar-refractivity contribution in [1.82, 2.24) is 0 Å². The molecule has 2 aromatic carbocycles. The van der Waals surface area contributed by atoms with Gasteiger partial charge in [0.2, 0.25) is 0 Å². The van der Waals surface area contributed by atoms with Crippen LogP contribution in [-0.2, 0) is 10.0 Å². The molecule has 0 unspecified atom stereocenters. The van der Waals surface area contributed by atoms with Gasteiger partial charge in [0, 0.05) is 0 Å². The van der Waals surface area contributed by atoms with Crippen LogP contribution in [0.15, 0.2) is 41.3 Å². The molecule has 0 atom stereocenters. The minimum absolute atomic E-state index is 0.0908. The van der Waals surface area contributed by atoms with Gasteiger partial charge in [-0.25, -0.2) is 8.42 Å². The van der Waals surface area contributed by atoms with Crippen LogP contribution in [-0.4, -0.2) is 15.5 Å². The monoisotopic (exact) mass is 325 g/mol. The highest BCUT2D eigenvalue weighted by Crippen LogP contribution is 2.30. The number of anilines is 1. The van der Waals surface area contributed by atoms with Gasteiger partial charge in [-0.3, -0.25) is 4.72 Å². The number of rotatable bonds is 4. The van der Waals surface area contributed by atoms with Gasteiger partial charge in [0.05, 0.1) is 17.8 Å². The lowest BCUT2D eigenvalue weighted by molar-refractivity contribution is 0.402. The van der Waals surface area contributed by atoms with E-state index < -0.39 is 10.0 Å². The molecule has 0 spiro atoms. The number of halogens is 1. The number of sulfonamides is 1. The number of methoxy groups -OCH3 is 1. The van der Waals surface area contributed by atoms with Gasteiger partial charge in [0.15, 0.2) is 0 Å². The van der Waals surface area contributed by atoms with E-state index in [9.17, 15) is 8.42 Å². The molecular weight excluding hydrogens is 310 g/mol. The van der Waals surface area contributed by atoms with E-state index in [1.54, 1.807) is 36.4 Å². The lowest BCUT2D eigenvalue weighted by atomic mass is 10.1. The van der Waals surface area contributed by atoms with Gasteiger partial charge >= 0.3 is 0 Å². The highest BCUT2D eigenvalue weighted by molar-refractivity contribution is 7.92. The van der Waals surface area contributed by atoms with Crippen molar-refractivity contribution in [3.63, 3.8) is 0 Å². The van der Waals surface area contributed by atoms with E-state index in [1.807, 2.05) is 13.8 Å². The maximum Gasteiger partial charge on any atom is 0.265 e. The average molecular weight is 326 g/mol. The van der Waals surface area contributed by atoms with Crippen molar-refractivity contribution in [3.8, 4) is 5.75 Å². The summed E-state index contributed by atoms with van der Waals surface area (Å²) >= 11 is 5.99. The Morgan fingerprint density at radius 3 is 2.33 bits per heavy atom. The summed E-state index contributed by atoms with van der Waals surface area (Å²) in [7, 11) is -2.33. The fourth-order valence-corrected chi connectivity index (χ4v) is 3.43. The number of para-hydroxylation sites is 1. The van der Waals surface area contributed by atoms with Gasteiger partial charge in [0.1, 0.15) is 10.6 Å². The molecule has 0 amide bonds. The Morgan fingerprint density at radius 1 is 1.10 bits per heavy atom. The Bertz CT molecular complexity index is 772. The first-order valence-electron chi connectivity index (χ1n) is 6.27. The third-order valence-corrected chi connectivity index (χ3v) is 4.90. The molecule has 0 aliphatic heterocycles. The zero-order chi connectivity index (χ0) is 15.6. The van der Waals surface area contributed by atoms with Crippen LogP contribution in [0.25, 0.3) is 0 Å². The molecule has 112 valence electrons. The fraction of sp³-hybridized carbons (Fsp3) is 0.200. The van der Waals surface area contributed by atoms with E-state index in [1.165, 1.54) is 7.11 Å². The lowest BCUT2D eigenvalue weighted by Crippen LogP contribution is -2.14. The molecule has 1 N–H and O–H groups in total. The molecule has 0 fully saturated rings. The molecule has 0 saturated carbocycles. The molecular formula is C15H16ClNO3S. The first kappa shape index (κ1) is 15.7. The normalized spacial score (nSPS) is 11.2. The van der Waals surface area contributed by atoms with Crippen molar-refractivity contribution in [2.75, 3.05) is 11.8 Å². The van der Waals surface area contributed by atoms with Gasteiger partial charge in [-0.05, 0) is 49.2 Å². The molecule has 21 heavy (non-hydrogen) atoms. The van der Waals surface area contributed by atoms with E-state index >= 15 is 0 Å². The molecule has 0 aromatic heterocycles. The van der Waals surface area contributed by atoms with Gasteiger partial charge in [-0.15, -0.1) is 0 Å². The molecule has 4 nitrogen and oxygen atoms in total. The minimum atomic E-state index is -3.78. The highest BCUT2D eigenvalue weighted by atomic mass is 35.5. The standard InChI is InChI=1S/C15H16ClNO3S/c1-10-8-14(20-3)15(9-11(10)2)21(18,19)17-13-7-5-4-6-12(13)16/h4-9,17H,1-3H3. The SMILES string of the molecule is COc1cc(C)c(C)cc1S(=O)(=O)Nc1ccccc1Cl. The number of ether oxygens (including phenoxy) is 1. The predicted octanol–water partition coefficient (Wildman–Crippen LogP) is 3.77. The Balaban J connectivity index is 2.50. The minimum Gasteiger partial charge on any atom is -0.495 e. The van der Waals surface area contributed by atoms with Crippen LogP contribution in [0.1, 0.15) is 11.1 Å². The van der Waals surface area contributed by atoms with Gasteiger partial charge in [-0.1, -0.05) is 23.7 Å². The molecule has 2 aromatic rings. The van der Waals surface area contributed by atoms with Gasteiger partial charge in [0.25, 0.3) is 10.0 Å². The van der Waals surface area contributed by atoms with Crippen LogP contribution in [0.3, 0.4) is 0 Å². The second-order valence-electron chi connectivity index (χ2n) is 4.67. The number of aryl methyl sites for hydroxylation is 2. The summed E-state index contributed by atoms with van der Waals surface area (Å²) in [5.41, 5.74) is 2.17. The second kappa shape index (κ2) is 5.95. The van der Waals surface area contributed by atoms with Gasteiger partial charge < -0.3 is 4.74 Å². The summed E-state index contributed by atoms with van der Waals surface area (Å²) in [5.74, 6) is 0.303.